The summed E-state index contributed by atoms with van der Waals surface area (Å²) in [7, 11) is 0. The molecule has 2 aromatic rings. The molecular formula is C11H7IO3S. The fourth-order valence-electron chi connectivity index (χ4n) is 1.15. The van der Waals surface area contributed by atoms with E-state index < -0.39 is 5.97 Å². The van der Waals surface area contributed by atoms with Gasteiger partial charge in [0.05, 0.1) is 0 Å². The zero-order valence-corrected chi connectivity index (χ0v) is 11.0. The van der Waals surface area contributed by atoms with Crippen LogP contribution < -0.4 is 4.74 Å². The average molecular weight is 346 g/mol. The molecule has 82 valence electrons. The summed E-state index contributed by atoms with van der Waals surface area (Å²) in [5.41, 5.74) is 0. The van der Waals surface area contributed by atoms with E-state index in [1.165, 1.54) is 6.07 Å². The molecule has 0 radical (unpaired) electrons. The van der Waals surface area contributed by atoms with E-state index in [2.05, 4.69) is 22.6 Å². The summed E-state index contributed by atoms with van der Waals surface area (Å²) in [5, 5.41) is 10.4. The van der Waals surface area contributed by atoms with Crippen molar-refractivity contribution >= 4 is 39.9 Å². The molecule has 2 rings (SSSR count). The predicted molar refractivity (Wildman–Crippen MR) is 70.5 cm³/mol. The average Bonchev–Trinajstić information content (AvgIpc) is 2.66. The Morgan fingerprint density at radius 3 is 2.75 bits per heavy atom. The van der Waals surface area contributed by atoms with Gasteiger partial charge < -0.3 is 9.84 Å². The van der Waals surface area contributed by atoms with Crippen molar-refractivity contribution in [2.75, 3.05) is 0 Å². The minimum Gasteiger partial charge on any atom is -0.477 e. The molecule has 0 fully saturated rings. The second kappa shape index (κ2) is 4.84. The Morgan fingerprint density at radius 2 is 2.12 bits per heavy atom. The Kier molecular flexibility index (Phi) is 3.45. The van der Waals surface area contributed by atoms with Gasteiger partial charge in [0.2, 0.25) is 0 Å². The van der Waals surface area contributed by atoms with E-state index in [4.69, 9.17) is 9.84 Å². The Balaban J connectivity index is 2.17. The minimum atomic E-state index is -0.928. The number of carbonyl (C=O) groups is 1. The van der Waals surface area contributed by atoms with Crippen molar-refractivity contribution in [3.05, 3.63) is 44.2 Å². The molecule has 1 N–H and O–H groups in total. The van der Waals surface area contributed by atoms with Crippen LogP contribution in [0.3, 0.4) is 0 Å². The van der Waals surface area contributed by atoms with Crippen molar-refractivity contribution in [2.45, 2.75) is 0 Å². The second-order valence-corrected chi connectivity index (χ2v) is 5.17. The van der Waals surface area contributed by atoms with Crippen LogP contribution in [0.2, 0.25) is 0 Å². The van der Waals surface area contributed by atoms with Crippen LogP contribution in [-0.2, 0) is 0 Å². The third kappa shape index (κ3) is 2.73. The number of benzene rings is 1. The van der Waals surface area contributed by atoms with Crippen LogP contribution in [0.25, 0.3) is 0 Å². The fraction of sp³-hybridized carbons (Fsp3) is 0. The summed E-state index contributed by atoms with van der Waals surface area (Å²) in [6.07, 6.45) is 0. The van der Waals surface area contributed by atoms with Crippen molar-refractivity contribution in [1.29, 1.82) is 0 Å². The van der Waals surface area contributed by atoms with Crippen molar-refractivity contribution in [1.82, 2.24) is 0 Å². The molecule has 1 aromatic heterocycles. The molecule has 0 aliphatic rings. The lowest BCUT2D eigenvalue weighted by molar-refractivity contribution is 0.0702. The number of ether oxygens (including phenoxy) is 1. The van der Waals surface area contributed by atoms with Crippen LogP contribution in [0.4, 0.5) is 0 Å². The quantitative estimate of drug-likeness (QED) is 0.859. The first-order valence-corrected chi connectivity index (χ1v) is 6.36. The largest absolute Gasteiger partial charge is 0.477 e. The van der Waals surface area contributed by atoms with Crippen LogP contribution in [0, 0.1) is 3.57 Å². The van der Waals surface area contributed by atoms with Gasteiger partial charge in [-0.2, -0.15) is 0 Å². The minimum absolute atomic E-state index is 0.278. The van der Waals surface area contributed by atoms with Gasteiger partial charge in [0.25, 0.3) is 0 Å². The van der Waals surface area contributed by atoms with Crippen LogP contribution in [0.1, 0.15) is 9.67 Å². The molecule has 0 unspecified atom stereocenters. The Labute approximate surface area is 110 Å². The summed E-state index contributed by atoms with van der Waals surface area (Å²) in [4.78, 5) is 11.0. The SMILES string of the molecule is O=C(O)c1cc(Oc2cccc(I)c2)cs1. The van der Waals surface area contributed by atoms with E-state index >= 15 is 0 Å². The molecule has 16 heavy (non-hydrogen) atoms. The summed E-state index contributed by atoms with van der Waals surface area (Å²) < 4.78 is 6.61. The highest BCUT2D eigenvalue weighted by molar-refractivity contribution is 14.1. The van der Waals surface area contributed by atoms with Crippen molar-refractivity contribution in [3.8, 4) is 11.5 Å². The van der Waals surface area contributed by atoms with Gasteiger partial charge in [-0.1, -0.05) is 6.07 Å². The first kappa shape index (κ1) is 11.4. The van der Waals surface area contributed by atoms with E-state index in [9.17, 15) is 4.79 Å². The first-order chi connectivity index (χ1) is 7.65. The standard InChI is InChI=1S/C11H7IO3S/c12-7-2-1-3-8(4-7)15-9-5-10(11(13)14)16-6-9/h1-6H,(H,13,14). The molecule has 0 spiro atoms. The van der Waals surface area contributed by atoms with E-state index in [-0.39, 0.29) is 4.88 Å². The number of carboxylic acids is 1. The summed E-state index contributed by atoms with van der Waals surface area (Å²) in [6.45, 7) is 0. The van der Waals surface area contributed by atoms with Crippen LogP contribution in [0.15, 0.2) is 35.7 Å². The molecule has 0 saturated heterocycles. The number of hydrogen-bond donors (Lipinski definition) is 1. The second-order valence-electron chi connectivity index (χ2n) is 3.01. The molecule has 0 amide bonds. The third-order valence-electron chi connectivity index (χ3n) is 1.82. The topological polar surface area (TPSA) is 46.5 Å². The maximum Gasteiger partial charge on any atom is 0.346 e. The first-order valence-electron chi connectivity index (χ1n) is 4.40. The molecule has 0 aliphatic carbocycles. The summed E-state index contributed by atoms with van der Waals surface area (Å²) in [5.74, 6) is 0.341. The predicted octanol–water partition coefficient (Wildman–Crippen LogP) is 3.84. The van der Waals surface area contributed by atoms with E-state index in [0.717, 1.165) is 14.9 Å². The van der Waals surface area contributed by atoms with Crippen LogP contribution >= 0.6 is 33.9 Å². The molecule has 3 nitrogen and oxygen atoms in total. The Hall–Kier alpha value is -1.08. The summed E-state index contributed by atoms with van der Waals surface area (Å²) >= 11 is 3.35. The number of hydrogen-bond acceptors (Lipinski definition) is 3. The lowest BCUT2D eigenvalue weighted by Gasteiger charge is -2.02. The van der Waals surface area contributed by atoms with Gasteiger partial charge in [0.1, 0.15) is 16.4 Å². The smallest absolute Gasteiger partial charge is 0.346 e. The number of thiophene rings is 1. The van der Waals surface area contributed by atoms with Crippen molar-refractivity contribution in [2.24, 2.45) is 0 Å². The Bertz CT molecular complexity index is 521. The molecule has 0 bridgehead atoms. The van der Waals surface area contributed by atoms with Crippen molar-refractivity contribution in [3.63, 3.8) is 0 Å². The maximum absolute atomic E-state index is 10.7. The molecule has 1 heterocycles. The van der Waals surface area contributed by atoms with Crippen molar-refractivity contribution < 1.29 is 14.6 Å². The highest BCUT2D eigenvalue weighted by Gasteiger charge is 2.08. The molecule has 0 atom stereocenters. The van der Waals surface area contributed by atoms with Gasteiger partial charge in [0.15, 0.2) is 0 Å². The van der Waals surface area contributed by atoms with E-state index in [0.29, 0.717) is 11.5 Å². The monoisotopic (exact) mass is 346 g/mol. The number of carboxylic acid groups (broad SMARTS) is 1. The molecular weight excluding hydrogens is 339 g/mol. The van der Waals surface area contributed by atoms with Crippen LogP contribution in [-0.4, -0.2) is 11.1 Å². The van der Waals surface area contributed by atoms with Gasteiger partial charge in [-0.25, -0.2) is 4.79 Å². The molecule has 0 saturated carbocycles. The maximum atomic E-state index is 10.7. The fourth-order valence-corrected chi connectivity index (χ4v) is 2.31. The molecule has 5 heteroatoms. The highest BCUT2D eigenvalue weighted by atomic mass is 127. The lowest BCUT2D eigenvalue weighted by atomic mass is 10.3. The van der Waals surface area contributed by atoms with Gasteiger partial charge >= 0.3 is 5.97 Å². The van der Waals surface area contributed by atoms with E-state index in [1.54, 1.807) is 5.38 Å². The summed E-state index contributed by atoms with van der Waals surface area (Å²) in [6, 6.07) is 9.09. The molecule has 1 aromatic carbocycles. The van der Waals surface area contributed by atoms with Gasteiger partial charge in [-0.05, 0) is 40.8 Å². The Morgan fingerprint density at radius 1 is 1.31 bits per heavy atom. The zero-order chi connectivity index (χ0) is 11.5. The lowest BCUT2D eigenvalue weighted by Crippen LogP contribution is -1.90. The van der Waals surface area contributed by atoms with Gasteiger partial charge in [0, 0.05) is 15.0 Å². The number of aromatic carboxylic acids is 1. The zero-order valence-electron chi connectivity index (χ0n) is 8.01. The third-order valence-corrected chi connectivity index (χ3v) is 3.39. The molecule has 0 aliphatic heterocycles. The number of rotatable bonds is 3. The normalized spacial score (nSPS) is 10.1. The number of halogens is 1. The van der Waals surface area contributed by atoms with Gasteiger partial charge in [-0.3, -0.25) is 0 Å². The van der Waals surface area contributed by atoms with Gasteiger partial charge in [-0.15, -0.1) is 11.3 Å². The van der Waals surface area contributed by atoms with E-state index in [1.807, 2.05) is 24.3 Å². The van der Waals surface area contributed by atoms with Crippen LogP contribution in [0.5, 0.6) is 11.5 Å². The highest BCUT2D eigenvalue weighted by Crippen LogP contribution is 2.27.